The number of pyridine rings is 1. The van der Waals surface area contributed by atoms with Crippen LogP contribution in [0.25, 0.3) is 0 Å². The normalized spacial score (nSPS) is 19.1. The summed E-state index contributed by atoms with van der Waals surface area (Å²) in [6, 6.07) is 2.05. The number of nitrogens with one attached hydrogen (secondary N) is 2. The first-order valence-electron chi connectivity index (χ1n) is 5.28. The van der Waals surface area contributed by atoms with E-state index in [-0.39, 0.29) is 11.8 Å². The Balaban J connectivity index is 2.01. The smallest absolute Gasteiger partial charge is 0.149 e. The van der Waals surface area contributed by atoms with Crippen LogP contribution in [0.4, 0.5) is 11.5 Å². The maximum Gasteiger partial charge on any atom is 0.149 e. The maximum absolute atomic E-state index is 11.1. The van der Waals surface area contributed by atoms with Crippen molar-refractivity contribution in [2.75, 3.05) is 29.2 Å². The Morgan fingerprint density at radius 3 is 3.06 bits per heavy atom. The van der Waals surface area contributed by atoms with Gasteiger partial charge < -0.3 is 10.6 Å². The number of sulfone groups is 1. The summed E-state index contributed by atoms with van der Waals surface area (Å²) < 4.78 is 23.1. The largest absolute Gasteiger partial charge is 0.380 e. The Labute approximate surface area is 109 Å². The van der Waals surface area contributed by atoms with Crippen molar-refractivity contribution in [1.82, 2.24) is 4.98 Å². The monoisotopic (exact) mass is 319 g/mol. The van der Waals surface area contributed by atoms with E-state index in [9.17, 15) is 8.42 Å². The molecule has 1 atom stereocenters. The van der Waals surface area contributed by atoms with Crippen molar-refractivity contribution >= 4 is 37.3 Å². The number of anilines is 2. The molecule has 0 saturated heterocycles. The fourth-order valence-corrected chi connectivity index (χ4v) is 2.74. The van der Waals surface area contributed by atoms with E-state index in [0.29, 0.717) is 13.0 Å². The first-order valence-corrected chi connectivity index (χ1v) is 8.13. The second-order valence-corrected chi connectivity index (χ2v) is 7.37. The molecule has 1 aromatic rings. The molecule has 0 radical (unpaired) electrons. The zero-order valence-corrected chi connectivity index (χ0v) is 11.8. The van der Waals surface area contributed by atoms with Crippen molar-refractivity contribution in [2.24, 2.45) is 0 Å². The van der Waals surface area contributed by atoms with Gasteiger partial charge in [0.15, 0.2) is 0 Å². The molecule has 17 heavy (non-hydrogen) atoms. The van der Waals surface area contributed by atoms with E-state index in [4.69, 9.17) is 0 Å². The van der Waals surface area contributed by atoms with Crippen LogP contribution in [0, 0.1) is 0 Å². The first-order chi connectivity index (χ1) is 7.94. The zero-order chi connectivity index (χ0) is 12.5. The van der Waals surface area contributed by atoms with Crippen LogP contribution in [-0.2, 0) is 9.84 Å². The zero-order valence-electron chi connectivity index (χ0n) is 9.40. The predicted octanol–water partition coefficient (Wildman–Crippen LogP) is 1.48. The van der Waals surface area contributed by atoms with E-state index in [1.807, 2.05) is 6.07 Å². The average Bonchev–Trinajstić information content (AvgIpc) is 2.25. The number of halogens is 1. The van der Waals surface area contributed by atoms with E-state index in [1.165, 1.54) is 6.26 Å². The molecule has 2 N–H and O–H groups in total. The highest BCUT2D eigenvalue weighted by Gasteiger charge is 2.19. The molecule has 0 aromatic carbocycles. The number of hydrogen-bond donors (Lipinski definition) is 2. The highest BCUT2D eigenvalue weighted by atomic mass is 79.9. The van der Waals surface area contributed by atoms with Gasteiger partial charge in [0.25, 0.3) is 0 Å². The molecular formula is C10H14BrN3O2S. The van der Waals surface area contributed by atoms with Crippen molar-refractivity contribution in [3.63, 3.8) is 0 Å². The van der Waals surface area contributed by atoms with Crippen LogP contribution >= 0.6 is 15.9 Å². The highest BCUT2D eigenvalue weighted by Crippen LogP contribution is 2.27. The van der Waals surface area contributed by atoms with Gasteiger partial charge in [0.1, 0.15) is 15.7 Å². The molecule has 1 aliphatic rings. The third kappa shape index (κ3) is 3.57. The Morgan fingerprint density at radius 1 is 1.59 bits per heavy atom. The minimum atomic E-state index is -2.90. The van der Waals surface area contributed by atoms with Gasteiger partial charge in [-0.3, -0.25) is 0 Å². The summed E-state index contributed by atoms with van der Waals surface area (Å²) in [4.78, 5) is 4.24. The van der Waals surface area contributed by atoms with Gasteiger partial charge >= 0.3 is 0 Å². The quantitative estimate of drug-likeness (QED) is 0.883. The second-order valence-electron chi connectivity index (χ2n) is 4.19. The number of hydrogen-bond acceptors (Lipinski definition) is 5. The Bertz CT molecular complexity index is 518. The summed E-state index contributed by atoms with van der Waals surface area (Å²) >= 11 is 3.35. The minimum absolute atomic E-state index is 0.103. The van der Waals surface area contributed by atoms with E-state index in [0.717, 1.165) is 16.0 Å². The molecule has 5 nitrogen and oxygen atoms in total. The summed E-state index contributed by atoms with van der Waals surface area (Å²) in [5.74, 6) is 0.969. The van der Waals surface area contributed by atoms with Crippen LogP contribution in [-0.4, -0.2) is 38.0 Å². The third-order valence-electron chi connectivity index (χ3n) is 2.57. The second kappa shape index (κ2) is 4.81. The number of fused-ring (bicyclic) bond motifs is 1. The standard InChI is InChI=1S/C10H14BrN3O2S/c1-17(15,16)3-2-8-6-12-9-4-7(11)5-13-10(9)14-8/h4-5,8,12H,2-3,6H2,1H3,(H,13,14). The Morgan fingerprint density at radius 2 is 2.35 bits per heavy atom. The van der Waals surface area contributed by atoms with Crippen molar-refractivity contribution < 1.29 is 8.42 Å². The van der Waals surface area contributed by atoms with Gasteiger partial charge in [0.05, 0.1) is 11.4 Å². The van der Waals surface area contributed by atoms with Crippen LogP contribution in [0.1, 0.15) is 6.42 Å². The maximum atomic E-state index is 11.1. The molecule has 1 unspecified atom stereocenters. The SMILES string of the molecule is CS(=O)(=O)CCC1CNc2cc(Br)cnc2N1. The van der Waals surface area contributed by atoms with Crippen LogP contribution in [0.5, 0.6) is 0 Å². The molecule has 0 saturated carbocycles. The third-order valence-corrected chi connectivity index (χ3v) is 3.98. The number of nitrogens with zero attached hydrogens (tertiary/aromatic N) is 1. The molecule has 94 valence electrons. The molecule has 0 aliphatic carbocycles. The molecule has 2 rings (SSSR count). The van der Waals surface area contributed by atoms with Gasteiger partial charge in [-0.05, 0) is 28.4 Å². The van der Waals surface area contributed by atoms with Crippen molar-refractivity contribution in [3.8, 4) is 0 Å². The van der Waals surface area contributed by atoms with Gasteiger partial charge in [0, 0.05) is 29.5 Å². The van der Waals surface area contributed by atoms with Crippen LogP contribution < -0.4 is 10.6 Å². The summed E-state index contributed by atoms with van der Waals surface area (Å²) in [6.45, 7) is 0.709. The van der Waals surface area contributed by atoms with Gasteiger partial charge in [-0.25, -0.2) is 13.4 Å². The van der Waals surface area contributed by atoms with E-state index >= 15 is 0 Å². The van der Waals surface area contributed by atoms with Crippen LogP contribution in [0.15, 0.2) is 16.7 Å². The summed E-state index contributed by atoms with van der Waals surface area (Å²) in [6.07, 6.45) is 3.56. The predicted molar refractivity (Wildman–Crippen MR) is 72.2 cm³/mol. The summed E-state index contributed by atoms with van der Waals surface area (Å²) in [5, 5.41) is 6.48. The molecule has 2 heterocycles. The lowest BCUT2D eigenvalue weighted by molar-refractivity contribution is 0.593. The summed E-state index contributed by atoms with van der Waals surface area (Å²) in [5.41, 5.74) is 0.940. The lowest BCUT2D eigenvalue weighted by atomic mass is 10.1. The van der Waals surface area contributed by atoms with Crippen LogP contribution in [0.3, 0.4) is 0 Å². The topological polar surface area (TPSA) is 71.1 Å². The number of rotatable bonds is 3. The Kier molecular flexibility index (Phi) is 3.58. The van der Waals surface area contributed by atoms with Gasteiger partial charge in [0.2, 0.25) is 0 Å². The van der Waals surface area contributed by atoms with Crippen molar-refractivity contribution in [2.45, 2.75) is 12.5 Å². The van der Waals surface area contributed by atoms with Gasteiger partial charge in [-0.15, -0.1) is 0 Å². The van der Waals surface area contributed by atoms with Gasteiger partial charge in [-0.2, -0.15) is 0 Å². The molecule has 1 aliphatic heterocycles. The molecule has 1 aromatic heterocycles. The van der Waals surface area contributed by atoms with Crippen LogP contribution in [0.2, 0.25) is 0 Å². The summed E-state index contributed by atoms with van der Waals surface area (Å²) in [7, 11) is -2.90. The first kappa shape index (κ1) is 12.6. The lowest BCUT2D eigenvalue weighted by Crippen LogP contribution is -2.35. The minimum Gasteiger partial charge on any atom is -0.380 e. The highest BCUT2D eigenvalue weighted by molar-refractivity contribution is 9.10. The fraction of sp³-hybridized carbons (Fsp3) is 0.500. The van der Waals surface area contributed by atoms with E-state index in [2.05, 4.69) is 31.5 Å². The molecule has 0 fully saturated rings. The van der Waals surface area contributed by atoms with Crippen molar-refractivity contribution in [3.05, 3.63) is 16.7 Å². The molecule has 7 heteroatoms. The molecule has 0 amide bonds. The van der Waals surface area contributed by atoms with Gasteiger partial charge in [-0.1, -0.05) is 0 Å². The molecule has 0 bridgehead atoms. The molecular weight excluding hydrogens is 306 g/mol. The molecule has 0 spiro atoms. The fourth-order valence-electron chi connectivity index (χ4n) is 1.70. The van der Waals surface area contributed by atoms with E-state index < -0.39 is 9.84 Å². The average molecular weight is 320 g/mol. The lowest BCUT2D eigenvalue weighted by Gasteiger charge is -2.27. The number of aromatic nitrogens is 1. The van der Waals surface area contributed by atoms with E-state index in [1.54, 1.807) is 6.20 Å². The van der Waals surface area contributed by atoms with Crippen molar-refractivity contribution in [1.29, 1.82) is 0 Å². The Hall–Kier alpha value is -0.820.